The molecule has 0 spiro atoms. The summed E-state index contributed by atoms with van der Waals surface area (Å²) in [7, 11) is -3.37. The van der Waals surface area contributed by atoms with E-state index in [1.54, 1.807) is 24.3 Å². The van der Waals surface area contributed by atoms with Crippen LogP contribution in [0.15, 0.2) is 24.3 Å². The number of sulfonamides is 1. The summed E-state index contributed by atoms with van der Waals surface area (Å²) in [5.41, 5.74) is 1.15. The quantitative estimate of drug-likeness (QED) is 0.865. The van der Waals surface area contributed by atoms with Crippen molar-refractivity contribution in [1.29, 1.82) is 5.26 Å². The Morgan fingerprint density at radius 2 is 2.23 bits per heavy atom. The van der Waals surface area contributed by atoms with Gasteiger partial charge in [0, 0.05) is 11.3 Å². The van der Waals surface area contributed by atoms with Gasteiger partial charge in [0.1, 0.15) is 0 Å². The van der Waals surface area contributed by atoms with E-state index in [4.69, 9.17) is 5.26 Å². The molecular formula is C16H22N2O2S2. The summed E-state index contributed by atoms with van der Waals surface area (Å²) in [5, 5.41) is 9.45. The zero-order valence-corrected chi connectivity index (χ0v) is 14.4. The summed E-state index contributed by atoms with van der Waals surface area (Å²) in [6, 6.07) is 8.86. The van der Waals surface area contributed by atoms with Gasteiger partial charge in [-0.2, -0.15) is 17.0 Å². The Bertz CT molecular complexity index is 636. The second-order valence-electron chi connectivity index (χ2n) is 5.63. The summed E-state index contributed by atoms with van der Waals surface area (Å²) in [4.78, 5) is 0. The van der Waals surface area contributed by atoms with Gasteiger partial charge in [-0.3, -0.25) is 0 Å². The molecule has 0 aliphatic heterocycles. The van der Waals surface area contributed by atoms with Gasteiger partial charge in [0.05, 0.1) is 17.4 Å². The van der Waals surface area contributed by atoms with Gasteiger partial charge in [0.25, 0.3) is 0 Å². The summed E-state index contributed by atoms with van der Waals surface area (Å²) in [6.07, 6.45) is 4.09. The van der Waals surface area contributed by atoms with Crippen LogP contribution in [-0.4, -0.2) is 25.5 Å². The zero-order chi connectivity index (χ0) is 16.0. The molecule has 0 radical (unpaired) electrons. The van der Waals surface area contributed by atoms with E-state index >= 15 is 0 Å². The Morgan fingerprint density at radius 1 is 1.41 bits per heavy atom. The first-order chi connectivity index (χ1) is 10.5. The standard InChI is InChI=1S/C16H22N2O2S2/c1-2-21-16-8-4-7-15(10-16)18-22(19,20)12-14-6-3-5-13(9-14)11-17/h3,5-6,9,15-16,18H,2,4,7-8,10,12H2,1H3/t15-,16+/m0/s1. The van der Waals surface area contributed by atoms with Gasteiger partial charge in [0.2, 0.25) is 10.0 Å². The van der Waals surface area contributed by atoms with E-state index in [9.17, 15) is 8.42 Å². The lowest BCUT2D eigenvalue weighted by atomic mass is 9.96. The molecule has 2 atom stereocenters. The molecule has 22 heavy (non-hydrogen) atoms. The van der Waals surface area contributed by atoms with E-state index in [-0.39, 0.29) is 11.8 Å². The minimum absolute atomic E-state index is 0.0435. The third kappa shape index (κ3) is 5.31. The van der Waals surface area contributed by atoms with Crippen molar-refractivity contribution in [3.63, 3.8) is 0 Å². The van der Waals surface area contributed by atoms with E-state index in [0.29, 0.717) is 16.4 Å². The smallest absolute Gasteiger partial charge is 0.212 e. The molecule has 120 valence electrons. The Morgan fingerprint density at radius 3 is 2.95 bits per heavy atom. The largest absolute Gasteiger partial charge is 0.216 e. The molecule has 1 aromatic carbocycles. The molecule has 0 saturated heterocycles. The van der Waals surface area contributed by atoms with Crippen molar-refractivity contribution >= 4 is 21.8 Å². The summed E-state index contributed by atoms with van der Waals surface area (Å²) in [6.45, 7) is 2.14. The molecule has 0 aromatic heterocycles. The van der Waals surface area contributed by atoms with E-state index < -0.39 is 10.0 Å². The van der Waals surface area contributed by atoms with Crippen molar-refractivity contribution in [3.8, 4) is 6.07 Å². The van der Waals surface area contributed by atoms with Crippen LogP contribution < -0.4 is 4.72 Å². The molecular weight excluding hydrogens is 316 g/mol. The normalized spacial score (nSPS) is 22.2. The summed E-state index contributed by atoms with van der Waals surface area (Å²) >= 11 is 1.92. The predicted molar refractivity (Wildman–Crippen MR) is 91.1 cm³/mol. The Kier molecular flexibility index (Phi) is 6.30. The molecule has 0 amide bonds. The van der Waals surface area contributed by atoms with Crippen LogP contribution in [0.5, 0.6) is 0 Å². The average molecular weight is 338 g/mol. The van der Waals surface area contributed by atoms with Crippen molar-refractivity contribution in [3.05, 3.63) is 35.4 Å². The second kappa shape index (κ2) is 8.00. The molecule has 0 bridgehead atoms. The lowest BCUT2D eigenvalue weighted by molar-refractivity contribution is 0.420. The molecule has 1 aliphatic carbocycles. The fourth-order valence-corrected chi connectivity index (χ4v) is 5.48. The molecule has 1 fully saturated rings. The van der Waals surface area contributed by atoms with Crippen LogP contribution in [0.3, 0.4) is 0 Å². The predicted octanol–water partition coefficient (Wildman–Crippen LogP) is 3.04. The number of hydrogen-bond donors (Lipinski definition) is 1. The van der Waals surface area contributed by atoms with Crippen molar-refractivity contribution in [2.75, 3.05) is 5.75 Å². The first kappa shape index (κ1) is 17.3. The first-order valence-electron chi connectivity index (χ1n) is 7.63. The van der Waals surface area contributed by atoms with Gasteiger partial charge in [-0.25, -0.2) is 13.1 Å². The van der Waals surface area contributed by atoms with Crippen LogP contribution in [0.1, 0.15) is 43.7 Å². The topological polar surface area (TPSA) is 70.0 Å². The molecule has 0 unspecified atom stereocenters. The van der Waals surface area contributed by atoms with Gasteiger partial charge >= 0.3 is 0 Å². The molecule has 2 rings (SSSR count). The minimum Gasteiger partial charge on any atom is -0.212 e. The SMILES string of the molecule is CCS[C@@H]1CCC[C@H](NS(=O)(=O)Cc2cccc(C#N)c2)C1. The fraction of sp³-hybridized carbons (Fsp3) is 0.562. The highest BCUT2D eigenvalue weighted by Crippen LogP contribution is 2.28. The molecule has 1 N–H and O–H groups in total. The van der Waals surface area contributed by atoms with Crippen molar-refractivity contribution in [2.24, 2.45) is 0 Å². The minimum atomic E-state index is -3.37. The van der Waals surface area contributed by atoms with E-state index in [0.717, 1.165) is 25.0 Å². The third-order valence-corrected chi connectivity index (χ3v) is 6.43. The molecule has 4 nitrogen and oxygen atoms in total. The maximum atomic E-state index is 12.3. The van der Waals surface area contributed by atoms with Gasteiger partial charge in [0.15, 0.2) is 0 Å². The van der Waals surface area contributed by atoms with Crippen molar-refractivity contribution in [1.82, 2.24) is 4.72 Å². The molecule has 1 aromatic rings. The molecule has 6 heteroatoms. The number of thioether (sulfide) groups is 1. The number of hydrogen-bond acceptors (Lipinski definition) is 4. The molecule has 0 heterocycles. The molecule has 1 aliphatic rings. The van der Waals surface area contributed by atoms with Gasteiger partial charge < -0.3 is 0 Å². The summed E-state index contributed by atoms with van der Waals surface area (Å²) in [5.74, 6) is 1.01. The summed E-state index contributed by atoms with van der Waals surface area (Å²) < 4.78 is 27.5. The van der Waals surface area contributed by atoms with Crippen LogP contribution in [0.2, 0.25) is 0 Å². The highest BCUT2D eigenvalue weighted by Gasteiger charge is 2.25. The number of nitriles is 1. The van der Waals surface area contributed by atoms with E-state index in [1.807, 2.05) is 17.8 Å². The second-order valence-corrected chi connectivity index (χ2v) is 8.96. The van der Waals surface area contributed by atoms with Crippen LogP contribution in [0.4, 0.5) is 0 Å². The van der Waals surface area contributed by atoms with E-state index in [2.05, 4.69) is 11.6 Å². The number of nitrogens with one attached hydrogen (secondary N) is 1. The van der Waals surface area contributed by atoms with Crippen molar-refractivity contribution < 1.29 is 8.42 Å². The van der Waals surface area contributed by atoms with Crippen LogP contribution >= 0.6 is 11.8 Å². The Hall–Kier alpha value is -1.03. The maximum Gasteiger partial charge on any atom is 0.216 e. The molecule has 1 saturated carbocycles. The lowest BCUT2D eigenvalue weighted by Gasteiger charge is -2.29. The van der Waals surface area contributed by atoms with Crippen LogP contribution in [0, 0.1) is 11.3 Å². The lowest BCUT2D eigenvalue weighted by Crippen LogP contribution is -2.39. The first-order valence-corrected chi connectivity index (χ1v) is 10.3. The maximum absolute atomic E-state index is 12.3. The Balaban J connectivity index is 1.97. The zero-order valence-electron chi connectivity index (χ0n) is 12.8. The number of rotatable bonds is 6. The van der Waals surface area contributed by atoms with Gasteiger partial charge in [-0.15, -0.1) is 0 Å². The Labute approximate surface area is 137 Å². The van der Waals surface area contributed by atoms with Crippen molar-refractivity contribution in [2.45, 2.75) is 49.7 Å². The van der Waals surface area contributed by atoms with Gasteiger partial charge in [-0.1, -0.05) is 25.5 Å². The third-order valence-electron chi connectivity index (χ3n) is 3.79. The van der Waals surface area contributed by atoms with Crippen LogP contribution in [0.25, 0.3) is 0 Å². The number of nitrogens with zero attached hydrogens (tertiary/aromatic N) is 1. The highest BCUT2D eigenvalue weighted by atomic mass is 32.2. The highest BCUT2D eigenvalue weighted by molar-refractivity contribution is 7.99. The monoisotopic (exact) mass is 338 g/mol. The van der Waals surface area contributed by atoms with E-state index in [1.165, 1.54) is 6.42 Å². The fourth-order valence-electron chi connectivity index (χ4n) is 2.88. The van der Waals surface area contributed by atoms with Crippen LogP contribution in [-0.2, 0) is 15.8 Å². The average Bonchev–Trinajstić information content (AvgIpc) is 2.47. The number of benzene rings is 1. The van der Waals surface area contributed by atoms with Gasteiger partial charge in [-0.05, 0) is 42.7 Å².